The summed E-state index contributed by atoms with van der Waals surface area (Å²) in [7, 11) is 0. The normalized spacial score (nSPS) is 23.2. The molecule has 2 rings (SSSR count). The van der Waals surface area contributed by atoms with Crippen molar-refractivity contribution in [2.75, 3.05) is 6.54 Å². The predicted octanol–water partition coefficient (Wildman–Crippen LogP) is 3.76. The molecule has 0 amide bonds. The summed E-state index contributed by atoms with van der Waals surface area (Å²) in [6.45, 7) is 6.68. The molecule has 3 heteroatoms. The molecule has 1 aromatic rings. The molecule has 2 atom stereocenters. The molecule has 0 bridgehead atoms. The highest BCUT2D eigenvalue weighted by Crippen LogP contribution is 2.43. The van der Waals surface area contributed by atoms with Gasteiger partial charge >= 0.3 is 0 Å². The molecule has 1 aliphatic rings. The predicted molar refractivity (Wildman–Crippen MR) is 69.7 cm³/mol. The van der Waals surface area contributed by atoms with E-state index in [1.807, 2.05) is 0 Å². The number of rotatable bonds is 4. The van der Waals surface area contributed by atoms with E-state index < -0.39 is 11.6 Å². The second-order valence-electron chi connectivity index (χ2n) is 5.61. The number of hydrogen-bond acceptors (Lipinski definition) is 1. The van der Waals surface area contributed by atoms with Gasteiger partial charge in [0.1, 0.15) is 0 Å². The van der Waals surface area contributed by atoms with E-state index in [1.54, 1.807) is 19.1 Å². The van der Waals surface area contributed by atoms with Gasteiger partial charge < -0.3 is 5.32 Å². The minimum atomic E-state index is -0.685. The molecule has 100 valence electrons. The SMILES string of the molecule is Cc1ccc(C2CCC2CNC(C)C)c(F)c1F. The third-order valence-corrected chi connectivity index (χ3v) is 3.91. The monoisotopic (exact) mass is 253 g/mol. The standard InChI is InChI=1S/C15H21F2N/c1-9(2)18-8-11-5-7-12(11)13-6-4-10(3)14(16)15(13)17/h4,6,9,11-12,18H,5,7-8H2,1-3H3. The summed E-state index contributed by atoms with van der Waals surface area (Å²) in [5.74, 6) is -0.723. The lowest BCUT2D eigenvalue weighted by Gasteiger charge is -2.38. The Morgan fingerprint density at radius 3 is 2.50 bits per heavy atom. The molecule has 0 saturated heterocycles. The van der Waals surface area contributed by atoms with Gasteiger partial charge in [0.25, 0.3) is 0 Å². The van der Waals surface area contributed by atoms with E-state index in [0.717, 1.165) is 19.4 Å². The number of hydrogen-bond donors (Lipinski definition) is 1. The maximum Gasteiger partial charge on any atom is 0.162 e. The van der Waals surface area contributed by atoms with E-state index in [1.165, 1.54) is 0 Å². The highest BCUT2D eigenvalue weighted by atomic mass is 19.2. The van der Waals surface area contributed by atoms with E-state index in [-0.39, 0.29) is 5.92 Å². The highest BCUT2D eigenvalue weighted by molar-refractivity contribution is 5.30. The largest absolute Gasteiger partial charge is 0.314 e. The number of halogens is 2. The van der Waals surface area contributed by atoms with Crippen LogP contribution in [0.25, 0.3) is 0 Å². The minimum Gasteiger partial charge on any atom is -0.314 e. The van der Waals surface area contributed by atoms with Crippen LogP contribution in [0.3, 0.4) is 0 Å². The first-order valence-corrected chi connectivity index (χ1v) is 6.68. The van der Waals surface area contributed by atoms with Crippen molar-refractivity contribution in [1.29, 1.82) is 0 Å². The van der Waals surface area contributed by atoms with E-state index in [2.05, 4.69) is 19.2 Å². The van der Waals surface area contributed by atoms with Crippen molar-refractivity contribution in [2.45, 2.75) is 45.6 Å². The van der Waals surface area contributed by atoms with Crippen molar-refractivity contribution >= 4 is 0 Å². The summed E-state index contributed by atoms with van der Waals surface area (Å²) < 4.78 is 27.5. The summed E-state index contributed by atoms with van der Waals surface area (Å²) in [6, 6.07) is 3.87. The summed E-state index contributed by atoms with van der Waals surface area (Å²) in [5, 5.41) is 3.38. The molecule has 1 saturated carbocycles. The fourth-order valence-corrected chi connectivity index (χ4v) is 2.56. The molecule has 1 N–H and O–H groups in total. The zero-order valence-electron chi connectivity index (χ0n) is 11.3. The van der Waals surface area contributed by atoms with Crippen molar-refractivity contribution in [3.8, 4) is 0 Å². The van der Waals surface area contributed by atoms with Gasteiger partial charge in [0, 0.05) is 6.04 Å². The smallest absolute Gasteiger partial charge is 0.162 e. The molecular weight excluding hydrogens is 232 g/mol. The fraction of sp³-hybridized carbons (Fsp3) is 0.600. The lowest BCUT2D eigenvalue weighted by molar-refractivity contribution is 0.234. The van der Waals surface area contributed by atoms with Crippen molar-refractivity contribution in [1.82, 2.24) is 5.32 Å². The van der Waals surface area contributed by atoms with Gasteiger partial charge in [-0.2, -0.15) is 0 Å². The van der Waals surface area contributed by atoms with Gasteiger partial charge in [-0.1, -0.05) is 26.0 Å². The maximum atomic E-state index is 13.9. The van der Waals surface area contributed by atoms with Gasteiger partial charge in [-0.25, -0.2) is 8.78 Å². The van der Waals surface area contributed by atoms with Crippen LogP contribution in [0.4, 0.5) is 8.78 Å². The lowest BCUT2D eigenvalue weighted by Crippen LogP contribution is -2.37. The molecule has 1 nitrogen and oxygen atoms in total. The highest BCUT2D eigenvalue weighted by Gasteiger charge is 2.34. The number of aryl methyl sites for hydroxylation is 1. The Bertz CT molecular complexity index is 429. The Morgan fingerprint density at radius 2 is 1.94 bits per heavy atom. The van der Waals surface area contributed by atoms with E-state index in [4.69, 9.17) is 0 Å². The van der Waals surface area contributed by atoms with Crippen LogP contribution in [0.5, 0.6) is 0 Å². The van der Waals surface area contributed by atoms with Crippen LogP contribution in [0.1, 0.15) is 43.7 Å². The zero-order chi connectivity index (χ0) is 13.3. The van der Waals surface area contributed by atoms with Crippen molar-refractivity contribution in [3.05, 3.63) is 34.9 Å². The van der Waals surface area contributed by atoms with Crippen LogP contribution in [0.15, 0.2) is 12.1 Å². The lowest BCUT2D eigenvalue weighted by atomic mass is 9.69. The number of benzene rings is 1. The molecular formula is C15H21F2N. The average Bonchev–Trinajstić information content (AvgIpc) is 2.28. The Morgan fingerprint density at radius 1 is 1.22 bits per heavy atom. The van der Waals surface area contributed by atoms with Crippen LogP contribution in [-0.2, 0) is 0 Å². The molecule has 1 aromatic carbocycles. The summed E-state index contributed by atoms with van der Waals surface area (Å²) in [4.78, 5) is 0. The summed E-state index contributed by atoms with van der Waals surface area (Å²) in [5.41, 5.74) is 0.937. The molecule has 2 unspecified atom stereocenters. The van der Waals surface area contributed by atoms with Crippen LogP contribution in [0.2, 0.25) is 0 Å². The van der Waals surface area contributed by atoms with Gasteiger partial charge in [-0.3, -0.25) is 0 Å². The first kappa shape index (κ1) is 13.5. The van der Waals surface area contributed by atoms with Crippen molar-refractivity contribution in [3.63, 3.8) is 0 Å². The van der Waals surface area contributed by atoms with E-state index in [0.29, 0.717) is 23.1 Å². The molecule has 0 aliphatic heterocycles. The molecule has 0 aromatic heterocycles. The van der Waals surface area contributed by atoms with Gasteiger partial charge in [-0.05, 0) is 49.3 Å². The molecule has 1 aliphatic carbocycles. The molecule has 0 heterocycles. The first-order chi connectivity index (χ1) is 8.50. The van der Waals surface area contributed by atoms with Crippen LogP contribution < -0.4 is 5.32 Å². The Hall–Kier alpha value is -0.960. The average molecular weight is 253 g/mol. The Labute approximate surface area is 108 Å². The Kier molecular flexibility index (Phi) is 4.00. The summed E-state index contributed by atoms with van der Waals surface area (Å²) >= 11 is 0. The third kappa shape index (κ3) is 2.56. The van der Waals surface area contributed by atoms with E-state index in [9.17, 15) is 8.78 Å². The topological polar surface area (TPSA) is 12.0 Å². The van der Waals surface area contributed by atoms with Gasteiger partial charge in [0.15, 0.2) is 11.6 Å². The van der Waals surface area contributed by atoms with Gasteiger partial charge in [0.2, 0.25) is 0 Å². The second-order valence-corrected chi connectivity index (χ2v) is 5.61. The first-order valence-electron chi connectivity index (χ1n) is 6.68. The quantitative estimate of drug-likeness (QED) is 0.861. The van der Waals surface area contributed by atoms with Crippen LogP contribution in [0, 0.1) is 24.5 Å². The Balaban J connectivity index is 2.10. The molecule has 1 fully saturated rings. The third-order valence-electron chi connectivity index (χ3n) is 3.91. The van der Waals surface area contributed by atoms with Gasteiger partial charge in [0.05, 0.1) is 0 Å². The number of nitrogens with one attached hydrogen (secondary N) is 1. The second kappa shape index (κ2) is 5.35. The molecule has 0 spiro atoms. The zero-order valence-corrected chi connectivity index (χ0v) is 11.3. The van der Waals surface area contributed by atoms with Crippen LogP contribution in [-0.4, -0.2) is 12.6 Å². The summed E-state index contributed by atoms with van der Waals surface area (Å²) in [6.07, 6.45) is 2.06. The fourth-order valence-electron chi connectivity index (χ4n) is 2.56. The minimum absolute atomic E-state index is 0.173. The van der Waals surface area contributed by atoms with E-state index >= 15 is 0 Å². The van der Waals surface area contributed by atoms with Crippen LogP contribution >= 0.6 is 0 Å². The van der Waals surface area contributed by atoms with Crippen molar-refractivity contribution in [2.24, 2.45) is 5.92 Å². The van der Waals surface area contributed by atoms with Crippen molar-refractivity contribution < 1.29 is 8.78 Å². The molecule has 18 heavy (non-hydrogen) atoms. The van der Waals surface area contributed by atoms with Gasteiger partial charge in [-0.15, -0.1) is 0 Å². The maximum absolute atomic E-state index is 13.9. The molecule has 0 radical (unpaired) electrons.